The molecule has 0 aliphatic rings. The number of nitrogens with one attached hydrogen (secondary N) is 1. The summed E-state index contributed by atoms with van der Waals surface area (Å²) in [5.41, 5.74) is 0.294. The average molecular weight is 434 g/mol. The van der Waals surface area contributed by atoms with E-state index in [-0.39, 0.29) is 18.0 Å². The highest BCUT2D eigenvalue weighted by Gasteiger charge is 2.22. The highest BCUT2D eigenvalue weighted by molar-refractivity contribution is 7.71. The van der Waals surface area contributed by atoms with Crippen molar-refractivity contribution in [3.63, 3.8) is 0 Å². The van der Waals surface area contributed by atoms with Crippen LogP contribution in [0.15, 0.2) is 34.7 Å². The Morgan fingerprint density at radius 2 is 2.17 bits per heavy atom. The summed E-state index contributed by atoms with van der Waals surface area (Å²) >= 11 is 6.87. The predicted molar refractivity (Wildman–Crippen MR) is 113 cm³/mol. The Morgan fingerprint density at radius 1 is 1.38 bits per heavy atom. The molecule has 0 fully saturated rings. The first kappa shape index (κ1) is 20.7. The van der Waals surface area contributed by atoms with Crippen LogP contribution in [0.3, 0.4) is 0 Å². The van der Waals surface area contributed by atoms with E-state index in [1.807, 2.05) is 17.5 Å². The van der Waals surface area contributed by atoms with E-state index in [4.69, 9.17) is 21.7 Å². The molecule has 0 aliphatic carbocycles. The molecule has 0 atom stereocenters. The van der Waals surface area contributed by atoms with Crippen LogP contribution < -0.4 is 9.47 Å². The fourth-order valence-corrected chi connectivity index (χ4v) is 3.52. The molecule has 29 heavy (non-hydrogen) atoms. The number of nitro groups is 1. The van der Waals surface area contributed by atoms with Crippen molar-refractivity contribution in [1.82, 2.24) is 14.9 Å². The third kappa shape index (κ3) is 4.87. The van der Waals surface area contributed by atoms with Crippen LogP contribution in [0.1, 0.15) is 30.1 Å². The molecule has 0 unspecified atom stereocenters. The van der Waals surface area contributed by atoms with Crippen LogP contribution in [-0.2, 0) is 6.42 Å². The van der Waals surface area contributed by atoms with Crippen molar-refractivity contribution in [2.45, 2.75) is 20.3 Å². The molecule has 1 aromatic carbocycles. The SMILES string of the molecule is CCOc1cc(/C=N\n2c(Cc3cccs3)n[nH]c2=S)cc([N+](=O)[O-])c1OCC. The largest absolute Gasteiger partial charge is 0.490 e. The lowest BCUT2D eigenvalue weighted by Crippen LogP contribution is -2.04. The molecule has 152 valence electrons. The van der Waals surface area contributed by atoms with Crippen LogP contribution in [0.5, 0.6) is 11.5 Å². The molecule has 1 N–H and O–H groups in total. The zero-order valence-electron chi connectivity index (χ0n) is 15.8. The van der Waals surface area contributed by atoms with Gasteiger partial charge in [-0.15, -0.1) is 11.3 Å². The zero-order chi connectivity index (χ0) is 20.8. The minimum absolute atomic E-state index is 0.106. The van der Waals surface area contributed by atoms with Gasteiger partial charge in [-0.25, -0.2) is 0 Å². The third-order valence-corrected chi connectivity index (χ3v) is 4.94. The van der Waals surface area contributed by atoms with Gasteiger partial charge in [0.15, 0.2) is 11.6 Å². The van der Waals surface area contributed by atoms with Crippen molar-refractivity contribution in [3.8, 4) is 11.5 Å². The smallest absolute Gasteiger partial charge is 0.315 e. The molecule has 0 amide bonds. The molecule has 0 bridgehead atoms. The molecule has 0 saturated heterocycles. The average Bonchev–Trinajstić information content (AvgIpc) is 3.32. The van der Waals surface area contributed by atoms with E-state index in [2.05, 4.69) is 15.3 Å². The third-order valence-electron chi connectivity index (χ3n) is 3.79. The number of thiophene rings is 1. The lowest BCUT2D eigenvalue weighted by molar-refractivity contribution is -0.385. The molecule has 9 nitrogen and oxygen atoms in total. The monoisotopic (exact) mass is 433 g/mol. The Hall–Kier alpha value is -3.05. The van der Waals surface area contributed by atoms with Gasteiger partial charge in [-0.05, 0) is 43.6 Å². The second kappa shape index (κ2) is 9.43. The first-order valence-electron chi connectivity index (χ1n) is 8.84. The highest BCUT2D eigenvalue weighted by atomic mass is 32.1. The second-order valence-electron chi connectivity index (χ2n) is 5.75. The zero-order valence-corrected chi connectivity index (χ0v) is 17.5. The molecule has 0 radical (unpaired) electrons. The quantitative estimate of drug-likeness (QED) is 0.235. The first-order chi connectivity index (χ1) is 14.0. The molecule has 0 aliphatic heterocycles. The van der Waals surface area contributed by atoms with Crippen molar-refractivity contribution in [3.05, 3.63) is 60.8 Å². The standard InChI is InChI=1S/C18H19N5O4S2/c1-3-26-15-9-12(8-14(23(24)25)17(15)27-4-2)11-19-22-16(20-21-18(22)28)10-13-6-5-7-29-13/h5-9,11H,3-4,10H2,1-2H3,(H,21,28)/b19-11-. The predicted octanol–water partition coefficient (Wildman–Crippen LogP) is 4.18. The number of aromatic amines is 1. The maximum atomic E-state index is 11.5. The Bertz CT molecular complexity index is 1070. The van der Waals surface area contributed by atoms with Crippen LogP contribution in [0, 0.1) is 14.9 Å². The molecular formula is C18H19N5O4S2. The summed E-state index contributed by atoms with van der Waals surface area (Å²) in [5, 5.41) is 24.8. The molecule has 2 heterocycles. The van der Waals surface area contributed by atoms with Gasteiger partial charge in [-0.3, -0.25) is 15.2 Å². The van der Waals surface area contributed by atoms with Crippen LogP contribution >= 0.6 is 23.6 Å². The Kier molecular flexibility index (Phi) is 6.73. The first-order valence-corrected chi connectivity index (χ1v) is 10.1. The Balaban J connectivity index is 1.98. The number of nitrogens with zero attached hydrogens (tertiary/aromatic N) is 4. The van der Waals surface area contributed by atoms with Crippen molar-refractivity contribution >= 4 is 35.5 Å². The molecule has 11 heteroatoms. The number of nitro benzene ring substituents is 1. The topological polar surface area (TPSA) is 108 Å². The number of aromatic nitrogens is 3. The van der Waals surface area contributed by atoms with Gasteiger partial charge in [0.05, 0.1) is 24.4 Å². The van der Waals surface area contributed by atoms with Crippen molar-refractivity contribution < 1.29 is 14.4 Å². The summed E-state index contributed by atoms with van der Waals surface area (Å²) in [7, 11) is 0. The molecule has 3 rings (SSSR count). The maximum Gasteiger partial charge on any atom is 0.315 e. The van der Waals surface area contributed by atoms with Crippen molar-refractivity contribution in [2.75, 3.05) is 13.2 Å². The number of rotatable bonds is 9. The summed E-state index contributed by atoms with van der Waals surface area (Å²) < 4.78 is 12.8. The van der Waals surface area contributed by atoms with Crippen LogP contribution in [-0.4, -0.2) is 39.2 Å². The van der Waals surface area contributed by atoms with Gasteiger partial charge >= 0.3 is 5.69 Å². The molecule has 0 spiro atoms. The van der Waals surface area contributed by atoms with E-state index in [1.165, 1.54) is 17.0 Å². The summed E-state index contributed by atoms with van der Waals surface area (Å²) in [6.45, 7) is 4.18. The number of hydrogen-bond acceptors (Lipinski definition) is 8. The fourth-order valence-electron chi connectivity index (χ4n) is 2.62. The van der Waals surface area contributed by atoms with Crippen molar-refractivity contribution in [2.24, 2.45) is 5.10 Å². The Labute approximate surface area is 175 Å². The maximum absolute atomic E-state index is 11.5. The summed E-state index contributed by atoms with van der Waals surface area (Å²) in [4.78, 5) is 12.1. The van der Waals surface area contributed by atoms with E-state index in [0.717, 1.165) is 4.88 Å². The van der Waals surface area contributed by atoms with Crippen LogP contribution in [0.2, 0.25) is 0 Å². The molecule has 2 aromatic heterocycles. The van der Waals surface area contributed by atoms with Gasteiger partial charge in [0, 0.05) is 22.9 Å². The van der Waals surface area contributed by atoms with Gasteiger partial charge < -0.3 is 9.47 Å². The fraction of sp³-hybridized carbons (Fsp3) is 0.278. The number of hydrogen-bond donors (Lipinski definition) is 1. The lowest BCUT2D eigenvalue weighted by Gasteiger charge is -2.11. The summed E-state index contributed by atoms with van der Waals surface area (Å²) in [5.74, 6) is 1.04. The van der Waals surface area contributed by atoms with E-state index in [9.17, 15) is 10.1 Å². The van der Waals surface area contributed by atoms with Gasteiger partial charge in [-0.1, -0.05) is 6.07 Å². The van der Waals surface area contributed by atoms with Crippen LogP contribution in [0.4, 0.5) is 5.69 Å². The highest BCUT2D eigenvalue weighted by Crippen LogP contribution is 2.38. The van der Waals surface area contributed by atoms with Gasteiger partial charge in [0.25, 0.3) is 0 Å². The minimum atomic E-state index is -0.503. The van der Waals surface area contributed by atoms with E-state index < -0.39 is 4.92 Å². The normalized spacial score (nSPS) is 11.1. The van der Waals surface area contributed by atoms with E-state index in [0.29, 0.717) is 34.9 Å². The summed E-state index contributed by atoms with van der Waals surface area (Å²) in [6.07, 6.45) is 2.05. The number of ether oxygens (including phenoxy) is 2. The van der Waals surface area contributed by atoms with Gasteiger partial charge in [0.2, 0.25) is 10.5 Å². The second-order valence-corrected chi connectivity index (χ2v) is 7.17. The number of benzene rings is 1. The van der Waals surface area contributed by atoms with Crippen molar-refractivity contribution in [1.29, 1.82) is 0 Å². The minimum Gasteiger partial charge on any atom is -0.490 e. The van der Waals surface area contributed by atoms with E-state index >= 15 is 0 Å². The molecule has 0 saturated carbocycles. The summed E-state index contributed by atoms with van der Waals surface area (Å²) in [6, 6.07) is 7.00. The molecular weight excluding hydrogens is 414 g/mol. The van der Waals surface area contributed by atoms with E-state index in [1.54, 1.807) is 31.3 Å². The molecule has 3 aromatic rings. The Morgan fingerprint density at radius 3 is 2.83 bits per heavy atom. The van der Waals surface area contributed by atoms with Gasteiger partial charge in [-0.2, -0.15) is 14.9 Å². The van der Waals surface area contributed by atoms with Crippen LogP contribution in [0.25, 0.3) is 0 Å². The number of H-pyrrole nitrogens is 1. The van der Waals surface area contributed by atoms with Gasteiger partial charge in [0.1, 0.15) is 0 Å². The lowest BCUT2D eigenvalue weighted by atomic mass is 10.2.